The standard InChI is InChI=1S/C19H30N2O2/c1-22-18-7-5-6-17(14-18)15-20-16-19(8-3-2-4-9-19)21-10-12-23-13-11-21/h5-7,14,20H,2-4,8-13,15-16H2,1H3. The van der Waals surface area contributed by atoms with Gasteiger partial charge in [0.05, 0.1) is 20.3 Å². The van der Waals surface area contributed by atoms with Crippen molar-refractivity contribution < 1.29 is 9.47 Å². The van der Waals surface area contributed by atoms with Gasteiger partial charge >= 0.3 is 0 Å². The largest absolute Gasteiger partial charge is 0.497 e. The summed E-state index contributed by atoms with van der Waals surface area (Å²) in [6.45, 7) is 5.92. The van der Waals surface area contributed by atoms with Crippen molar-refractivity contribution in [3.05, 3.63) is 29.8 Å². The molecule has 1 heterocycles. The molecular formula is C19H30N2O2. The molecule has 2 fully saturated rings. The molecule has 2 aliphatic rings. The predicted octanol–water partition coefficient (Wildman–Crippen LogP) is 2.82. The van der Waals surface area contributed by atoms with Crippen LogP contribution in [-0.4, -0.2) is 50.4 Å². The third-order valence-corrected chi connectivity index (χ3v) is 5.38. The minimum absolute atomic E-state index is 0.334. The predicted molar refractivity (Wildman–Crippen MR) is 92.9 cm³/mol. The number of hydrogen-bond donors (Lipinski definition) is 1. The smallest absolute Gasteiger partial charge is 0.119 e. The Kier molecular flexibility index (Phi) is 5.92. The van der Waals surface area contributed by atoms with Crippen molar-refractivity contribution in [2.45, 2.75) is 44.2 Å². The van der Waals surface area contributed by atoms with Gasteiger partial charge in [0.1, 0.15) is 5.75 Å². The fraction of sp³-hybridized carbons (Fsp3) is 0.684. The van der Waals surface area contributed by atoms with Gasteiger partial charge in [-0.2, -0.15) is 0 Å². The lowest BCUT2D eigenvalue weighted by molar-refractivity contribution is -0.0369. The number of morpholine rings is 1. The number of ether oxygens (including phenoxy) is 2. The van der Waals surface area contributed by atoms with Gasteiger partial charge in [0.25, 0.3) is 0 Å². The summed E-state index contributed by atoms with van der Waals surface area (Å²) in [5.74, 6) is 0.935. The van der Waals surface area contributed by atoms with E-state index < -0.39 is 0 Å². The summed E-state index contributed by atoms with van der Waals surface area (Å²) in [4.78, 5) is 2.69. The van der Waals surface area contributed by atoms with Crippen molar-refractivity contribution in [3.63, 3.8) is 0 Å². The Labute approximate surface area is 140 Å². The third-order valence-electron chi connectivity index (χ3n) is 5.38. The van der Waals surface area contributed by atoms with Crippen LogP contribution in [0.1, 0.15) is 37.7 Å². The Bertz CT molecular complexity index is 480. The normalized spacial score (nSPS) is 22.0. The lowest BCUT2D eigenvalue weighted by atomic mass is 9.79. The zero-order valence-corrected chi connectivity index (χ0v) is 14.4. The highest BCUT2D eigenvalue weighted by Crippen LogP contribution is 2.34. The highest BCUT2D eigenvalue weighted by molar-refractivity contribution is 5.28. The van der Waals surface area contributed by atoms with Crippen LogP contribution in [0, 0.1) is 0 Å². The minimum atomic E-state index is 0.334. The molecule has 4 nitrogen and oxygen atoms in total. The molecule has 1 aliphatic heterocycles. The molecule has 0 aromatic heterocycles. The molecule has 0 unspecified atom stereocenters. The van der Waals surface area contributed by atoms with Crippen LogP contribution < -0.4 is 10.1 Å². The molecule has 1 aliphatic carbocycles. The first-order chi connectivity index (χ1) is 11.3. The molecular weight excluding hydrogens is 288 g/mol. The van der Waals surface area contributed by atoms with E-state index in [1.807, 2.05) is 6.07 Å². The van der Waals surface area contributed by atoms with Crippen LogP contribution in [-0.2, 0) is 11.3 Å². The van der Waals surface area contributed by atoms with E-state index in [4.69, 9.17) is 9.47 Å². The molecule has 0 radical (unpaired) electrons. The summed E-state index contributed by atoms with van der Waals surface area (Å²) >= 11 is 0. The van der Waals surface area contributed by atoms with Gasteiger partial charge in [0.15, 0.2) is 0 Å². The van der Waals surface area contributed by atoms with E-state index in [0.29, 0.717) is 5.54 Å². The van der Waals surface area contributed by atoms with Crippen LogP contribution in [0.25, 0.3) is 0 Å². The van der Waals surface area contributed by atoms with Gasteiger partial charge in [0, 0.05) is 31.7 Å². The average molecular weight is 318 g/mol. The molecule has 0 atom stereocenters. The molecule has 1 saturated heterocycles. The second-order valence-corrected chi connectivity index (χ2v) is 6.84. The highest BCUT2D eigenvalue weighted by atomic mass is 16.5. The molecule has 128 valence electrons. The maximum Gasteiger partial charge on any atom is 0.119 e. The summed E-state index contributed by atoms with van der Waals surface area (Å²) in [6, 6.07) is 8.35. The van der Waals surface area contributed by atoms with Gasteiger partial charge in [-0.1, -0.05) is 31.4 Å². The van der Waals surface area contributed by atoms with Crippen LogP contribution in [0.2, 0.25) is 0 Å². The number of nitrogens with zero attached hydrogens (tertiary/aromatic N) is 1. The van der Waals surface area contributed by atoms with Crippen LogP contribution >= 0.6 is 0 Å². The van der Waals surface area contributed by atoms with Crippen LogP contribution in [0.5, 0.6) is 5.75 Å². The first-order valence-electron chi connectivity index (χ1n) is 8.99. The van der Waals surface area contributed by atoms with E-state index >= 15 is 0 Å². The van der Waals surface area contributed by atoms with Crippen molar-refractivity contribution >= 4 is 0 Å². The minimum Gasteiger partial charge on any atom is -0.497 e. The van der Waals surface area contributed by atoms with Gasteiger partial charge in [-0.05, 0) is 30.5 Å². The zero-order valence-electron chi connectivity index (χ0n) is 14.4. The van der Waals surface area contributed by atoms with Crippen molar-refractivity contribution in [3.8, 4) is 5.75 Å². The molecule has 1 aromatic carbocycles. The molecule has 4 heteroatoms. The average Bonchev–Trinajstić information content (AvgIpc) is 2.63. The topological polar surface area (TPSA) is 33.7 Å². The zero-order chi connectivity index (χ0) is 16.0. The lowest BCUT2D eigenvalue weighted by Gasteiger charge is -2.48. The quantitative estimate of drug-likeness (QED) is 0.874. The van der Waals surface area contributed by atoms with E-state index in [1.54, 1.807) is 7.11 Å². The summed E-state index contributed by atoms with van der Waals surface area (Å²) in [7, 11) is 1.72. The number of nitrogens with one attached hydrogen (secondary N) is 1. The molecule has 1 saturated carbocycles. The molecule has 3 rings (SSSR count). The number of benzene rings is 1. The van der Waals surface area contributed by atoms with Crippen molar-refractivity contribution in [2.24, 2.45) is 0 Å². The molecule has 0 bridgehead atoms. The molecule has 1 N–H and O–H groups in total. The number of hydrogen-bond acceptors (Lipinski definition) is 4. The van der Waals surface area contributed by atoms with E-state index in [0.717, 1.165) is 45.1 Å². The van der Waals surface area contributed by atoms with E-state index in [2.05, 4.69) is 28.4 Å². The Morgan fingerprint density at radius 2 is 1.96 bits per heavy atom. The second kappa shape index (κ2) is 8.13. The summed E-state index contributed by atoms with van der Waals surface area (Å²) in [6.07, 6.45) is 6.74. The monoisotopic (exact) mass is 318 g/mol. The molecule has 1 aromatic rings. The van der Waals surface area contributed by atoms with Gasteiger partial charge < -0.3 is 14.8 Å². The first kappa shape index (κ1) is 16.7. The second-order valence-electron chi connectivity index (χ2n) is 6.84. The van der Waals surface area contributed by atoms with E-state index in [9.17, 15) is 0 Å². The Morgan fingerprint density at radius 3 is 2.70 bits per heavy atom. The Morgan fingerprint density at radius 1 is 1.17 bits per heavy atom. The Hall–Kier alpha value is -1.10. The lowest BCUT2D eigenvalue weighted by Crippen LogP contribution is -2.59. The maximum absolute atomic E-state index is 5.56. The van der Waals surface area contributed by atoms with E-state index in [-0.39, 0.29) is 0 Å². The fourth-order valence-electron chi connectivity index (χ4n) is 4.07. The first-order valence-corrected chi connectivity index (χ1v) is 8.99. The third kappa shape index (κ3) is 4.25. The van der Waals surface area contributed by atoms with Crippen LogP contribution in [0.4, 0.5) is 0 Å². The van der Waals surface area contributed by atoms with Gasteiger partial charge in [-0.3, -0.25) is 4.90 Å². The van der Waals surface area contributed by atoms with Crippen molar-refractivity contribution in [2.75, 3.05) is 40.0 Å². The highest BCUT2D eigenvalue weighted by Gasteiger charge is 2.38. The number of rotatable bonds is 6. The van der Waals surface area contributed by atoms with Gasteiger partial charge in [-0.25, -0.2) is 0 Å². The Balaban J connectivity index is 1.59. The molecule has 0 amide bonds. The summed E-state index contributed by atoms with van der Waals surface area (Å²) in [5, 5.41) is 3.72. The summed E-state index contributed by atoms with van der Waals surface area (Å²) in [5.41, 5.74) is 1.62. The van der Waals surface area contributed by atoms with E-state index in [1.165, 1.54) is 37.7 Å². The molecule has 0 spiro atoms. The summed E-state index contributed by atoms with van der Waals surface area (Å²) < 4.78 is 10.9. The van der Waals surface area contributed by atoms with Gasteiger partial charge in [-0.15, -0.1) is 0 Å². The molecule has 23 heavy (non-hydrogen) atoms. The number of methoxy groups -OCH3 is 1. The van der Waals surface area contributed by atoms with Crippen molar-refractivity contribution in [1.29, 1.82) is 0 Å². The van der Waals surface area contributed by atoms with Crippen molar-refractivity contribution in [1.82, 2.24) is 10.2 Å². The fourth-order valence-corrected chi connectivity index (χ4v) is 4.07. The van der Waals surface area contributed by atoms with Crippen LogP contribution in [0.15, 0.2) is 24.3 Å². The van der Waals surface area contributed by atoms with Crippen LogP contribution in [0.3, 0.4) is 0 Å². The maximum atomic E-state index is 5.56. The SMILES string of the molecule is COc1cccc(CNCC2(N3CCOCC3)CCCCC2)c1. The van der Waals surface area contributed by atoms with Gasteiger partial charge in [0.2, 0.25) is 0 Å².